The largest absolute Gasteiger partial charge is 2.00 e. The Hall–Kier alpha value is 2.55. The van der Waals surface area contributed by atoms with Gasteiger partial charge in [-0.2, -0.15) is 0 Å². The molecule has 0 atom stereocenters. The van der Waals surface area contributed by atoms with E-state index in [1.807, 2.05) is 0 Å². The average Bonchev–Trinajstić information content (AvgIpc) is 1.00. The Balaban J connectivity index is -0.000000000833. The molecule has 0 bridgehead atoms. The fraction of sp³-hybridized carbons (Fsp3) is 0. The van der Waals surface area contributed by atoms with Gasteiger partial charge in [-0.15, -0.1) is 0 Å². The molecule has 0 aliphatic rings. The predicted molar refractivity (Wildman–Crippen MR) is 15.8 cm³/mol. The summed E-state index contributed by atoms with van der Waals surface area (Å²) in [5, 5.41) is 0. The first-order valence-electron chi connectivity index (χ1n) is 0.289. The fourth-order valence-electron chi connectivity index (χ4n) is 0. The van der Waals surface area contributed by atoms with E-state index in [0.29, 0.717) is 16.2 Å². The molecule has 4 heavy (non-hydrogen) atoms. The average molecular weight is 315 g/mol. The maximum absolute atomic E-state index is 8.28. The second kappa shape index (κ2) is 17.7. The maximum atomic E-state index is 8.28. The number of hydrogen-bond donors (Lipinski definition) is 0. The SMILES string of the molecule is [H-].[H-].[O]=[AlH].[Sr+2].[Ta]. The zero-order chi connectivity index (χ0) is 2.00. The van der Waals surface area contributed by atoms with Crippen LogP contribution in [0, 0.1) is 0 Å². The molecule has 0 saturated heterocycles. The van der Waals surface area contributed by atoms with Gasteiger partial charge in [0.2, 0.25) is 0 Å². The van der Waals surface area contributed by atoms with Gasteiger partial charge in [0.05, 0.1) is 0 Å². The molecule has 0 aromatic rings. The summed E-state index contributed by atoms with van der Waals surface area (Å²) >= 11 is 0.611. The summed E-state index contributed by atoms with van der Waals surface area (Å²) in [6, 6.07) is 0. The molecule has 0 aliphatic carbocycles. The molecular formula is H3AlOSrTa. The monoisotopic (exact) mass is 315 g/mol. The topological polar surface area (TPSA) is 17.1 Å². The Kier molecular flexibility index (Phi) is 70.7. The van der Waals surface area contributed by atoms with E-state index in [0.717, 1.165) is 0 Å². The third kappa shape index (κ3) is 8.82. The molecule has 0 amide bonds. The molecule has 0 saturated carbocycles. The van der Waals surface area contributed by atoms with Crippen LogP contribution in [0.4, 0.5) is 0 Å². The van der Waals surface area contributed by atoms with Crippen molar-refractivity contribution in [2.75, 3.05) is 0 Å². The molecule has 19 valence electrons. The third-order valence-electron chi connectivity index (χ3n) is 0. The van der Waals surface area contributed by atoms with Gasteiger partial charge < -0.3 is 2.85 Å². The van der Waals surface area contributed by atoms with E-state index in [1.165, 1.54) is 0 Å². The van der Waals surface area contributed by atoms with Gasteiger partial charge in [0.15, 0.2) is 0 Å². The van der Waals surface area contributed by atoms with Gasteiger partial charge in [-0.05, 0) is 0 Å². The Morgan fingerprint density at radius 2 is 1.50 bits per heavy atom. The molecule has 0 aliphatic heterocycles. The normalized spacial score (nSPS) is 0.750. The molecule has 0 fully saturated rings. The standard InChI is InChI=1S/Al.O.Sr.Ta.3H/q;;+2;;;2*-1. The molecule has 0 aromatic heterocycles. The summed E-state index contributed by atoms with van der Waals surface area (Å²) in [5.74, 6) is 0. The van der Waals surface area contributed by atoms with Gasteiger partial charge in [0.1, 0.15) is 0 Å². The van der Waals surface area contributed by atoms with Crippen LogP contribution in [0.1, 0.15) is 2.85 Å². The number of hydrogen-bond acceptors (Lipinski definition) is 1. The molecule has 1 nitrogen and oxygen atoms in total. The summed E-state index contributed by atoms with van der Waals surface area (Å²) in [6.45, 7) is 0. The van der Waals surface area contributed by atoms with Crippen molar-refractivity contribution in [1.29, 1.82) is 0 Å². The molecule has 0 spiro atoms. The van der Waals surface area contributed by atoms with E-state index < -0.39 is 0 Å². The summed E-state index contributed by atoms with van der Waals surface area (Å²) in [4.78, 5) is 0. The van der Waals surface area contributed by atoms with E-state index in [4.69, 9.17) is 3.80 Å². The van der Waals surface area contributed by atoms with Gasteiger partial charge in [-0.3, -0.25) is 0 Å². The van der Waals surface area contributed by atoms with Crippen LogP contribution >= 0.6 is 0 Å². The van der Waals surface area contributed by atoms with E-state index in [2.05, 4.69) is 0 Å². The number of rotatable bonds is 0. The van der Waals surface area contributed by atoms with E-state index in [-0.39, 0.29) is 70.7 Å². The minimum absolute atomic E-state index is 0. The smallest absolute Gasteiger partial charge is 0 e. The molecule has 1 radical (unpaired) electrons. The van der Waals surface area contributed by atoms with E-state index in [1.54, 1.807) is 0 Å². The maximum Gasteiger partial charge on any atom is 2.00 e. The van der Waals surface area contributed by atoms with Crippen molar-refractivity contribution >= 4 is 61.7 Å². The van der Waals surface area contributed by atoms with Crippen LogP contribution in [-0.4, -0.2) is 61.7 Å². The first kappa shape index (κ1) is 16.0. The van der Waals surface area contributed by atoms with E-state index >= 15 is 0 Å². The first-order valence-corrected chi connectivity index (χ1v) is 0.866. The molecular weight excluding hydrogens is 312 g/mol. The Morgan fingerprint density at radius 3 is 1.50 bits per heavy atom. The van der Waals surface area contributed by atoms with Gasteiger partial charge in [0.25, 0.3) is 0 Å². The first-order chi connectivity index (χ1) is 1.00. The van der Waals surface area contributed by atoms with Crippen LogP contribution in [0.2, 0.25) is 0 Å². The van der Waals surface area contributed by atoms with Crippen molar-refractivity contribution in [2.45, 2.75) is 0 Å². The summed E-state index contributed by atoms with van der Waals surface area (Å²) < 4.78 is 8.28. The van der Waals surface area contributed by atoms with Gasteiger partial charge in [0, 0.05) is 22.4 Å². The van der Waals surface area contributed by atoms with Crippen molar-refractivity contribution < 1.29 is 29.0 Å². The van der Waals surface area contributed by atoms with Crippen LogP contribution in [0.15, 0.2) is 0 Å². The van der Waals surface area contributed by atoms with Crippen molar-refractivity contribution in [3.05, 3.63) is 0 Å². The third-order valence-corrected chi connectivity index (χ3v) is 0. The summed E-state index contributed by atoms with van der Waals surface area (Å²) in [7, 11) is 0. The van der Waals surface area contributed by atoms with Crippen LogP contribution in [0.5, 0.6) is 0 Å². The minimum Gasteiger partial charge on any atom is 0 e. The molecule has 0 N–H and O–H groups in total. The van der Waals surface area contributed by atoms with Crippen molar-refractivity contribution in [1.82, 2.24) is 0 Å². The van der Waals surface area contributed by atoms with Gasteiger partial charge >= 0.3 is 65.5 Å². The zero-order valence-corrected chi connectivity index (χ0v) is 10.4. The Morgan fingerprint density at radius 1 is 1.50 bits per heavy atom. The quantitative estimate of drug-likeness (QED) is 0.528. The minimum atomic E-state index is 0. The molecule has 0 unspecified atom stereocenters. The molecule has 0 aromatic carbocycles. The van der Waals surface area contributed by atoms with Crippen LogP contribution in [0.3, 0.4) is 0 Å². The molecule has 0 heterocycles. The second-order valence-electron chi connectivity index (χ2n) is 0. The van der Waals surface area contributed by atoms with Gasteiger partial charge in [-0.25, -0.2) is 0 Å². The predicted octanol–water partition coefficient (Wildman–Crippen LogP) is -0.926. The van der Waals surface area contributed by atoms with E-state index in [9.17, 15) is 0 Å². The van der Waals surface area contributed by atoms with Crippen LogP contribution in [-0.2, 0) is 26.2 Å². The second-order valence-corrected chi connectivity index (χ2v) is 0. The summed E-state index contributed by atoms with van der Waals surface area (Å²) in [6.07, 6.45) is 0. The van der Waals surface area contributed by atoms with Crippen molar-refractivity contribution in [3.8, 4) is 0 Å². The zero-order valence-electron chi connectivity index (χ0n) is 4.27. The van der Waals surface area contributed by atoms with Crippen molar-refractivity contribution in [3.63, 3.8) is 0 Å². The fourth-order valence-corrected chi connectivity index (χ4v) is 0. The van der Waals surface area contributed by atoms with Gasteiger partial charge in [-0.1, -0.05) is 0 Å². The van der Waals surface area contributed by atoms with Crippen molar-refractivity contribution in [2.24, 2.45) is 0 Å². The Bertz CT molecular complexity index is 13.5. The summed E-state index contributed by atoms with van der Waals surface area (Å²) in [5.41, 5.74) is 0. The molecule has 0 rings (SSSR count). The molecule has 4 heteroatoms. The Labute approximate surface area is 88.9 Å². The van der Waals surface area contributed by atoms with Crippen LogP contribution in [0.25, 0.3) is 0 Å². The van der Waals surface area contributed by atoms with Crippen LogP contribution < -0.4 is 0 Å².